The van der Waals surface area contributed by atoms with Gasteiger partial charge < -0.3 is 9.47 Å². The van der Waals surface area contributed by atoms with Crippen LogP contribution in [0.4, 0.5) is 4.39 Å². The summed E-state index contributed by atoms with van der Waals surface area (Å²) in [4.78, 5) is 24.2. The lowest BCUT2D eigenvalue weighted by Crippen LogP contribution is -2.28. The lowest BCUT2D eigenvalue weighted by atomic mass is 9.70. The fourth-order valence-electron chi connectivity index (χ4n) is 5.00. The fraction of sp³-hybridized carbons (Fsp3) is 0.655. The number of unbranched alkanes of at least 4 members (excludes halogenated alkanes) is 3. The summed E-state index contributed by atoms with van der Waals surface area (Å²) in [5.74, 6) is -0.118. The highest BCUT2D eigenvalue weighted by Gasteiger charge is 2.37. The maximum atomic E-state index is 14.7. The standard InChI is InChI=1S/C29H43FO4/c1-9-10-11-12-13-29(7,8)22-15-26(33-20(5)31)28(27(16-22)34-21(6)32)24-14-19(4)25(30)17-23(24)18(2)3/h14-16,18,23-25H,9-13,17H2,1-8H3. The molecule has 0 amide bonds. The first-order chi connectivity index (χ1) is 15.9. The average molecular weight is 475 g/mol. The van der Waals surface area contributed by atoms with E-state index in [4.69, 9.17) is 9.47 Å². The Morgan fingerprint density at radius 2 is 1.62 bits per heavy atom. The molecule has 0 fully saturated rings. The smallest absolute Gasteiger partial charge is 0.308 e. The van der Waals surface area contributed by atoms with Crippen LogP contribution in [0, 0.1) is 11.8 Å². The summed E-state index contributed by atoms with van der Waals surface area (Å²) >= 11 is 0. The van der Waals surface area contributed by atoms with Crippen LogP contribution in [-0.2, 0) is 15.0 Å². The van der Waals surface area contributed by atoms with E-state index < -0.39 is 18.1 Å². The van der Waals surface area contributed by atoms with Gasteiger partial charge in [0.2, 0.25) is 0 Å². The molecular formula is C29H43FO4. The molecule has 3 unspecified atom stereocenters. The largest absolute Gasteiger partial charge is 0.426 e. The number of ether oxygens (including phenoxy) is 2. The summed E-state index contributed by atoms with van der Waals surface area (Å²) in [5.41, 5.74) is 2.07. The zero-order valence-corrected chi connectivity index (χ0v) is 22.3. The first-order valence-corrected chi connectivity index (χ1v) is 12.7. The van der Waals surface area contributed by atoms with Crippen molar-refractivity contribution in [2.24, 2.45) is 11.8 Å². The topological polar surface area (TPSA) is 52.6 Å². The predicted molar refractivity (Wildman–Crippen MR) is 135 cm³/mol. The minimum Gasteiger partial charge on any atom is -0.426 e. The molecule has 34 heavy (non-hydrogen) atoms. The van der Waals surface area contributed by atoms with Gasteiger partial charge in [0.1, 0.15) is 17.7 Å². The van der Waals surface area contributed by atoms with Crippen LogP contribution in [0.1, 0.15) is 111 Å². The Morgan fingerprint density at radius 3 is 2.09 bits per heavy atom. The third kappa shape index (κ3) is 7.16. The summed E-state index contributed by atoms with van der Waals surface area (Å²) < 4.78 is 26.1. The molecule has 1 aliphatic rings. The van der Waals surface area contributed by atoms with Crippen molar-refractivity contribution in [3.63, 3.8) is 0 Å². The molecule has 190 valence electrons. The summed E-state index contributed by atoms with van der Waals surface area (Å²) in [6.45, 7) is 15.2. The number of allylic oxidation sites excluding steroid dienone is 2. The first-order valence-electron chi connectivity index (χ1n) is 12.7. The molecule has 0 spiro atoms. The van der Waals surface area contributed by atoms with Crippen LogP contribution in [0.2, 0.25) is 0 Å². The van der Waals surface area contributed by atoms with E-state index in [2.05, 4.69) is 34.6 Å². The number of esters is 2. The average Bonchev–Trinajstić information content (AvgIpc) is 2.72. The molecule has 0 heterocycles. The van der Waals surface area contributed by atoms with E-state index in [9.17, 15) is 14.0 Å². The number of carbonyl (C=O) groups is 2. The Kier molecular flexibility index (Phi) is 9.90. The van der Waals surface area contributed by atoms with Gasteiger partial charge in [-0.25, -0.2) is 4.39 Å². The van der Waals surface area contributed by atoms with Crippen molar-refractivity contribution in [3.8, 4) is 11.5 Å². The number of carbonyl (C=O) groups excluding carboxylic acids is 2. The molecule has 0 aliphatic heterocycles. The highest BCUT2D eigenvalue weighted by Crippen LogP contribution is 2.49. The normalized spacial score (nSPS) is 20.8. The lowest BCUT2D eigenvalue weighted by Gasteiger charge is -2.36. The molecule has 4 nitrogen and oxygen atoms in total. The van der Waals surface area contributed by atoms with Gasteiger partial charge in [0.25, 0.3) is 0 Å². The summed E-state index contributed by atoms with van der Waals surface area (Å²) in [5, 5.41) is 0. The van der Waals surface area contributed by atoms with Gasteiger partial charge in [0.05, 0.1) is 0 Å². The molecular weight excluding hydrogens is 431 g/mol. The van der Waals surface area contributed by atoms with Gasteiger partial charge in [0, 0.05) is 25.3 Å². The molecule has 2 rings (SSSR count). The molecule has 3 atom stereocenters. The van der Waals surface area contributed by atoms with Gasteiger partial charge >= 0.3 is 11.9 Å². The monoisotopic (exact) mass is 474 g/mol. The number of rotatable bonds is 10. The van der Waals surface area contributed by atoms with Gasteiger partial charge in [-0.15, -0.1) is 0 Å². The molecule has 0 bridgehead atoms. The summed E-state index contributed by atoms with van der Waals surface area (Å²) in [6.07, 6.45) is 6.90. The molecule has 0 radical (unpaired) electrons. The Labute approximate surface area is 205 Å². The van der Waals surface area contributed by atoms with E-state index in [1.54, 1.807) is 6.92 Å². The molecule has 0 saturated heterocycles. The Morgan fingerprint density at radius 1 is 1.06 bits per heavy atom. The second-order valence-electron chi connectivity index (χ2n) is 10.8. The summed E-state index contributed by atoms with van der Waals surface area (Å²) in [6, 6.07) is 3.84. The number of hydrogen-bond donors (Lipinski definition) is 0. The molecule has 1 aromatic rings. The molecule has 0 N–H and O–H groups in total. The second-order valence-corrected chi connectivity index (χ2v) is 10.8. The van der Waals surface area contributed by atoms with Crippen LogP contribution in [0.3, 0.4) is 0 Å². The van der Waals surface area contributed by atoms with E-state index in [0.717, 1.165) is 24.8 Å². The van der Waals surface area contributed by atoms with E-state index in [1.165, 1.54) is 26.7 Å². The minimum atomic E-state index is -1.00. The maximum absolute atomic E-state index is 14.7. The van der Waals surface area contributed by atoms with Crippen LogP contribution in [0.25, 0.3) is 0 Å². The van der Waals surface area contributed by atoms with E-state index in [-0.39, 0.29) is 23.2 Å². The van der Waals surface area contributed by atoms with Crippen molar-refractivity contribution >= 4 is 11.9 Å². The minimum absolute atomic E-state index is 0.0183. The number of halogens is 1. The van der Waals surface area contributed by atoms with Gasteiger partial charge in [-0.1, -0.05) is 66.4 Å². The SMILES string of the molecule is CCCCCCC(C)(C)c1cc(OC(C)=O)c(C2C=C(C)C(F)CC2C(C)C)c(OC(C)=O)c1. The van der Waals surface area contributed by atoms with E-state index >= 15 is 0 Å². The van der Waals surface area contributed by atoms with Gasteiger partial charge in [-0.3, -0.25) is 9.59 Å². The predicted octanol–water partition coefficient (Wildman–Crippen LogP) is 7.83. The lowest BCUT2D eigenvalue weighted by molar-refractivity contribution is -0.132. The Bertz CT molecular complexity index is 862. The van der Waals surface area contributed by atoms with Crippen molar-refractivity contribution in [1.82, 2.24) is 0 Å². The molecule has 0 saturated carbocycles. The van der Waals surface area contributed by atoms with E-state index in [0.29, 0.717) is 29.1 Å². The van der Waals surface area contributed by atoms with Crippen LogP contribution >= 0.6 is 0 Å². The number of benzene rings is 1. The van der Waals surface area contributed by atoms with Crippen LogP contribution < -0.4 is 9.47 Å². The summed E-state index contributed by atoms with van der Waals surface area (Å²) in [7, 11) is 0. The van der Waals surface area contributed by atoms with Crippen LogP contribution in [-0.4, -0.2) is 18.1 Å². The van der Waals surface area contributed by atoms with Crippen LogP contribution in [0.15, 0.2) is 23.8 Å². The Balaban J connectivity index is 2.68. The van der Waals surface area contributed by atoms with Crippen molar-refractivity contribution in [2.45, 2.75) is 111 Å². The Hall–Kier alpha value is -2.17. The fourth-order valence-corrected chi connectivity index (χ4v) is 5.00. The third-order valence-corrected chi connectivity index (χ3v) is 7.11. The number of alkyl halides is 1. The van der Waals surface area contributed by atoms with Crippen molar-refractivity contribution in [1.29, 1.82) is 0 Å². The van der Waals surface area contributed by atoms with Gasteiger partial charge in [-0.05, 0) is 60.3 Å². The zero-order chi connectivity index (χ0) is 25.6. The molecule has 5 heteroatoms. The van der Waals surface area contributed by atoms with Crippen molar-refractivity contribution in [3.05, 3.63) is 34.9 Å². The maximum Gasteiger partial charge on any atom is 0.308 e. The van der Waals surface area contributed by atoms with Crippen molar-refractivity contribution in [2.75, 3.05) is 0 Å². The first kappa shape index (κ1) is 28.1. The third-order valence-electron chi connectivity index (χ3n) is 7.11. The molecule has 1 aliphatic carbocycles. The second kappa shape index (κ2) is 12.0. The van der Waals surface area contributed by atoms with Gasteiger partial charge in [-0.2, -0.15) is 0 Å². The van der Waals surface area contributed by atoms with Gasteiger partial charge in [0.15, 0.2) is 0 Å². The highest BCUT2D eigenvalue weighted by atomic mass is 19.1. The highest BCUT2D eigenvalue weighted by molar-refractivity contribution is 5.74. The molecule has 0 aromatic heterocycles. The van der Waals surface area contributed by atoms with E-state index in [1.807, 2.05) is 18.2 Å². The van der Waals surface area contributed by atoms with Crippen LogP contribution in [0.5, 0.6) is 11.5 Å². The molecule has 1 aromatic carbocycles. The quantitative estimate of drug-likeness (QED) is 0.150. The zero-order valence-electron chi connectivity index (χ0n) is 22.3. The van der Waals surface area contributed by atoms with Crippen molar-refractivity contribution < 1.29 is 23.5 Å². The number of hydrogen-bond acceptors (Lipinski definition) is 4.